The van der Waals surface area contributed by atoms with E-state index in [1.54, 1.807) is 13.4 Å². The monoisotopic (exact) mass is 277 g/mol. The highest BCUT2D eigenvalue weighted by Crippen LogP contribution is 2.41. The minimum Gasteiger partial charge on any atom is -0.490 e. The molecule has 6 heteroatoms. The Kier molecular flexibility index (Phi) is 3.91. The molecule has 3 rings (SSSR count). The molecule has 0 aromatic carbocycles. The number of anilines is 2. The molecule has 1 unspecified atom stereocenters. The van der Waals surface area contributed by atoms with Crippen molar-refractivity contribution in [3.8, 4) is 5.75 Å². The van der Waals surface area contributed by atoms with Crippen LogP contribution in [-0.4, -0.2) is 29.7 Å². The van der Waals surface area contributed by atoms with Crippen LogP contribution in [0.25, 0.3) is 0 Å². The van der Waals surface area contributed by atoms with E-state index in [0.717, 1.165) is 18.3 Å². The van der Waals surface area contributed by atoms with E-state index in [1.165, 1.54) is 38.5 Å². The minimum atomic E-state index is 0.551. The number of hydrogen-bond acceptors (Lipinski definition) is 6. The summed E-state index contributed by atoms with van der Waals surface area (Å²) >= 11 is 0. The van der Waals surface area contributed by atoms with Gasteiger partial charge in [0.1, 0.15) is 6.33 Å². The van der Waals surface area contributed by atoms with Crippen LogP contribution in [0.3, 0.4) is 0 Å². The van der Waals surface area contributed by atoms with E-state index in [-0.39, 0.29) is 0 Å². The van der Waals surface area contributed by atoms with Crippen LogP contribution in [-0.2, 0) is 0 Å². The van der Waals surface area contributed by atoms with Gasteiger partial charge in [0.15, 0.2) is 11.6 Å². The van der Waals surface area contributed by atoms with Gasteiger partial charge in [-0.05, 0) is 31.6 Å². The fraction of sp³-hybridized carbons (Fsp3) is 0.714. The van der Waals surface area contributed by atoms with E-state index in [0.29, 0.717) is 17.6 Å². The molecule has 2 aliphatic rings. The predicted octanol–water partition coefficient (Wildman–Crippen LogP) is 1.93. The van der Waals surface area contributed by atoms with Crippen molar-refractivity contribution in [1.29, 1.82) is 0 Å². The lowest BCUT2D eigenvalue weighted by atomic mass is 9.96. The fourth-order valence-electron chi connectivity index (χ4n) is 3.75. The molecule has 0 amide bonds. The highest BCUT2D eigenvalue weighted by molar-refractivity contribution is 5.65. The lowest BCUT2D eigenvalue weighted by molar-refractivity contribution is 0.400. The fourth-order valence-corrected chi connectivity index (χ4v) is 3.75. The number of nitrogen functional groups attached to an aromatic ring is 1. The average Bonchev–Trinajstić information content (AvgIpc) is 3.16. The van der Waals surface area contributed by atoms with Gasteiger partial charge in [-0.15, -0.1) is 0 Å². The number of hydrazine groups is 1. The summed E-state index contributed by atoms with van der Waals surface area (Å²) in [7, 11) is 1.64. The van der Waals surface area contributed by atoms with Gasteiger partial charge in [-0.3, -0.25) is 0 Å². The molecule has 1 atom stereocenters. The third kappa shape index (κ3) is 2.28. The molecule has 2 heterocycles. The Morgan fingerprint density at radius 2 is 2.05 bits per heavy atom. The van der Waals surface area contributed by atoms with E-state index in [2.05, 4.69) is 20.3 Å². The van der Waals surface area contributed by atoms with Crippen molar-refractivity contribution < 1.29 is 4.74 Å². The zero-order valence-corrected chi connectivity index (χ0v) is 12.0. The van der Waals surface area contributed by atoms with E-state index in [1.807, 2.05) is 0 Å². The van der Waals surface area contributed by atoms with Crippen LogP contribution in [0.15, 0.2) is 6.33 Å². The van der Waals surface area contributed by atoms with Gasteiger partial charge >= 0.3 is 0 Å². The van der Waals surface area contributed by atoms with Crippen LogP contribution in [0, 0.1) is 5.92 Å². The molecule has 0 radical (unpaired) electrons. The van der Waals surface area contributed by atoms with Gasteiger partial charge in [0.05, 0.1) is 7.11 Å². The maximum absolute atomic E-state index is 5.51. The molecule has 1 aliphatic carbocycles. The minimum absolute atomic E-state index is 0.551. The summed E-state index contributed by atoms with van der Waals surface area (Å²) in [6, 6.07) is 0.590. The van der Waals surface area contributed by atoms with Crippen LogP contribution in [0.1, 0.15) is 38.5 Å². The van der Waals surface area contributed by atoms with Gasteiger partial charge in [0.25, 0.3) is 0 Å². The van der Waals surface area contributed by atoms with Crippen molar-refractivity contribution in [2.24, 2.45) is 11.8 Å². The Morgan fingerprint density at radius 1 is 1.25 bits per heavy atom. The molecule has 6 nitrogen and oxygen atoms in total. The van der Waals surface area contributed by atoms with Gasteiger partial charge in [0, 0.05) is 12.6 Å². The molecule has 1 saturated heterocycles. The maximum Gasteiger partial charge on any atom is 0.205 e. The van der Waals surface area contributed by atoms with Crippen molar-refractivity contribution in [2.75, 3.05) is 24.0 Å². The van der Waals surface area contributed by atoms with Gasteiger partial charge in [-0.25, -0.2) is 15.8 Å². The largest absolute Gasteiger partial charge is 0.490 e. The molecule has 110 valence electrons. The number of ether oxygens (including phenoxy) is 1. The van der Waals surface area contributed by atoms with Crippen LogP contribution in [0.5, 0.6) is 5.75 Å². The Labute approximate surface area is 119 Å². The summed E-state index contributed by atoms with van der Waals surface area (Å²) in [5.41, 5.74) is 2.59. The molecule has 1 aliphatic heterocycles. The summed E-state index contributed by atoms with van der Waals surface area (Å²) in [5, 5.41) is 0. The predicted molar refractivity (Wildman–Crippen MR) is 78.7 cm³/mol. The average molecular weight is 277 g/mol. The molecule has 1 aromatic rings. The lowest BCUT2D eigenvalue weighted by Gasteiger charge is -2.31. The SMILES string of the molecule is COc1c(NN)ncnc1N1CCCC1C1CCCC1. The Morgan fingerprint density at radius 3 is 2.75 bits per heavy atom. The second-order valence-electron chi connectivity index (χ2n) is 5.67. The van der Waals surface area contributed by atoms with Crippen LogP contribution >= 0.6 is 0 Å². The number of rotatable bonds is 4. The first-order valence-corrected chi connectivity index (χ1v) is 7.47. The summed E-state index contributed by atoms with van der Waals surface area (Å²) in [6.45, 7) is 1.04. The molecule has 2 fully saturated rings. The molecular formula is C14H23N5O. The second-order valence-corrected chi connectivity index (χ2v) is 5.67. The van der Waals surface area contributed by atoms with Crippen molar-refractivity contribution in [1.82, 2.24) is 9.97 Å². The molecule has 1 saturated carbocycles. The zero-order valence-electron chi connectivity index (χ0n) is 12.0. The standard InChI is InChI=1S/C14H23N5O/c1-20-12-13(18-15)16-9-17-14(12)19-8-4-7-11(19)10-5-2-3-6-10/h9-11H,2-8,15H2,1H3,(H,16,17,18). The maximum atomic E-state index is 5.51. The first-order valence-electron chi connectivity index (χ1n) is 7.47. The third-order valence-corrected chi connectivity index (χ3v) is 4.64. The number of aromatic nitrogens is 2. The Balaban J connectivity index is 1.90. The van der Waals surface area contributed by atoms with Gasteiger partial charge in [0.2, 0.25) is 5.75 Å². The summed E-state index contributed by atoms with van der Waals surface area (Å²) in [6.07, 6.45) is 9.45. The first-order chi connectivity index (χ1) is 9.85. The highest BCUT2D eigenvalue weighted by Gasteiger charge is 2.35. The van der Waals surface area contributed by atoms with Crippen LogP contribution in [0.4, 0.5) is 11.6 Å². The van der Waals surface area contributed by atoms with Gasteiger partial charge < -0.3 is 15.1 Å². The summed E-state index contributed by atoms with van der Waals surface area (Å²) in [4.78, 5) is 11.0. The molecular weight excluding hydrogens is 254 g/mol. The number of nitrogens with one attached hydrogen (secondary N) is 1. The van der Waals surface area contributed by atoms with Crippen LogP contribution in [0.2, 0.25) is 0 Å². The number of hydrogen-bond donors (Lipinski definition) is 2. The topological polar surface area (TPSA) is 76.3 Å². The third-order valence-electron chi connectivity index (χ3n) is 4.64. The molecule has 0 bridgehead atoms. The van der Waals surface area contributed by atoms with Gasteiger partial charge in [-0.2, -0.15) is 0 Å². The molecule has 3 N–H and O–H groups in total. The number of methoxy groups -OCH3 is 1. The van der Waals surface area contributed by atoms with Crippen molar-refractivity contribution >= 4 is 11.6 Å². The molecule has 20 heavy (non-hydrogen) atoms. The quantitative estimate of drug-likeness (QED) is 0.647. The Bertz CT molecular complexity index is 461. The summed E-state index contributed by atoms with van der Waals surface area (Å²) < 4.78 is 5.48. The molecule has 1 aromatic heterocycles. The van der Waals surface area contributed by atoms with Crippen LogP contribution < -0.4 is 20.9 Å². The van der Waals surface area contributed by atoms with Crippen molar-refractivity contribution in [3.05, 3.63) is 6.33 Å². The zero-order chi connectivity index (χ0) is 13.9. The second kappa shape index (κ2) is 5.83. The lowest BCUT2D eigenvalue weighted by Crippen LogP contribution is -2.35. The number of nitrogens with zero attached hydrogens (tertiary/aromatic N) is 3. The van der Waals surface area contributed by atoms with Crippen molar-refractivity contribution in [2.45, 2.75) is 44.6 Å². The highest BCUT2D eigenvalue weighted by atomic mass is 16.5. The van der Waals surface area contributed by atoms with Gasteiger partial charge in [-0.1, -0.05) is 12.8 Å². The van der Waals surface area contributed by atoms with E-state index in [4.69, 9.17) is 10.6 Å². The van der Waals surface area contributed by atoms with E-state index in [9.17, 15) is 0 Å². The normalized spacial score (nSPS) is 23.3. The Hall–Kier alpha value is -1.56. The van der Waals surface area contributed by atoms with Crippen molar-refractivity contribution in [3.63, 3.8) is 0 Å². The summed E-state index contributed by atoms with van der Waals surface area (Å²) in [5.74, 6) is 8.39. The number of nitrogens with two attached hydrogens (primary N) is 1. The molecule has 0 spiro atoms. The van der Waals surface area contributed by atoms with E-state index >= 15 is 0 Å². The smallest absolute Gasteiger partial charge is 0.205 e. The van der Waals surface area contributed by atoms with E-state index < -0.39 is 0 Å². The first kappa shape index (κ1) is 13.4.